The minimum Gasteiger partial charge on any atom is -0.480 e. The molecule has 0 spiro atoms. The number of nitro groups is 1. The summed E-state index contributed by atoms with van der Waals surface area (Å²) in [7, 11) is -3.07. The maximum atomic E-state index is 11.6. The molecule has 0 unspecified atom stereocenters. The van der Waals surface area contributed by atoms with E-state index < -0.39 is 32.4 Å². The van der Waals surface area contributed by atoms with E-state index in [1.807, 2.05) is 0 Å². The molecule has 0 bridgehead atoms. The first-order valence-corrected chi connectivity index (χ1v) is 6.28. The molecule has 18 heavy (non-hydrogen) atoms. The molecule has 0 saturated heterocycles. The smallest absolute Gasteiger partial charge is 0.320 e. The number of benzene rings is 1. The average Bonchev–Trinajstić information content (AvgIpc) is 2.26. The summed E-state index contributed by atoms with van der Waals surface area (Å²) in [6.07, 6.45) is 0. The molecule has 0 atom stereocenters. The van der Waals surface area contributed by atoms with Crippen LogP contribution in [0.4, 0.5) is 11.4 Å². The van der Waals surface area contributed by atoms with Gasteiger partial charge < -0.3 is 5.11 Å². The lowest BCUT2D eigenvalue weighted by molar-refractivity contribution is -0.384. The van der Waals surface area contributed by atoms with Crippen LogP contribution in [0.2, 0.25) is 0 Å². The Balaban J connectivity index is 3.23. The number of rotatable bonds is 5. The lowest BCUT2D eigenvalue weighted by Crippen LogP contribution is -2.32. The molecular formula is C9H10N2O6S. The van der Waals surface area contributed by atoms with Crippen molar-refractivity contribution in [3.63, 3.8) is 0 Å². The Labute approximate surface area is 103 Å². The van der Waals surface area contributed by atoms with Crippen LogP contribution in [-0.2, 0) is 14.8 Å². The topological polar surface area (TPSA) is 118 Å². The molecule has 0 aliphatic heterocycles. The first kappa shape index (κ1) is 13.9. The zero-order valence-corrected chi connectivity index (χ0v) is 10.1. The summed E-state index contributed by atoms with van der Waals surface area (Å²) in [5.41, 5.74) is -0.585. The van der Waals surface area contributed by atoms with Crippen molar-refractivity contribution in [2.24, 2.45) is 0 Å². The zero-order chi connectivity index (χ0) is 13.9. The molecule has 1 rings (SSSR count). The Bertz CT molecular complexity index is 582. The number of aliphatic carboxylic acids is 1. The highest BCUT2D eigenvalue weighted by Gasteiger charge is 2.27. The molecule has 0 fully saturated rings. The van der Waals surface area contributed by atoms with Crippen molar-refractivity contribution < 1.29 is 23.2 Å². The van der Waals surface area contributed by atoms with Crippen LogP contribution in [0.25, 0.3) is 0 Å². The minimum absolute atomic E-state index is 0.177. The standard InChI is InChI=1S/C9H10N2O6S/c1-10(18(16,17)6-9(12)13)7-4-2-3-5-8(7)11(14)15/h2-5H,6H2,1H3,(H,12,13). The van der Waals surface area contributed by atoms with Crippen LogP contribution in [0.3, 0.4) is 0 Å². The van der Waals surface area contributed by atoms with Crippen LogP contribution < -0.4 is 4.31 Å². The van der Waals surface area contributed by atoms with Crippen molar-refractivity contribution in [3.8, 4) is 0 Å². The molecule has 0 aliphatic carbocycles. The second kappa shape index (κ2) is 5.00. The number of sulfonamides is 1. The lowest BCUT2D eigenvalue weighted by atomic mass is 10.3. The summed E-state index contributed by atoms with van der Waals surface area (Å²) in [5.74, 6) is -2.66. The molecular weight excluding hydrogens is 264 g/mol. The predicted octanol–water partition coefficient (Wildman–Crippen LogP) is 0.445. The quantitative estimate of drug-likeness (QED) is 0.615. The summed E-state index contributed by atoms with van der Waals surface area (Å²) in [6.45, 7) is 0. The SMILES string of the molecule is CN(c1ccccc1[N+](=O)[O-])S(=O)(=O)CC(=O)O. The number of hydrogen-bond donors (Lipinski definition) is 1. The minimum atomic E-state index is -4.14. The largest absolute Gasteiger partial charge is 0.480 e. The molecule has 0 aliphatic rings. The molecule has 1 aromatic carbocycles. The Morgan fingerprint density at radius 3 is 2.50 bits per heavy atom. The Morgan fingerprint density at radius 2 is 2.00 bits per heavy atom. The zero-order valence-electron chi connectivity index (χ0n) is 9.31. The summed E-state index contributed by atoms with van der Waals surface area (Å²) in [4.78, 5) is 20.4. The van der Waals surface area contributed by atoms with Gasteiger partial charge in [-0.25, -0.2) is 8.42 Å². The molecule has 0 saturated carbocycles. The van der Waals surface area contributed by atoms with Gasteiger partial charge >= 0.3 is 5.97 Å². The maximum absolute atomic E-state index is 11.6. The van der Waals surface area contributed by atoms with Gasteiger partial charge in [-0.05, 0) is 6.07 Å². The van der Waals surface area contributed by atoms with Crippen molar-refractivity contribution in [1.82, 2.24) is 0 Å². The monoisotopic (exact) mass is 274 g/mol. The van der Waals surface area contributed by atoms with Crippen LogP contribution >= 0.6 is 0 Å². The highest BCUT2D eigenvalue weighted by atomic mass is 32.2. The fourth-order valence-corrected chi connectivity index (χ4v) is 2.25. The Morgan fingerprint density at radius 1 is 1.44 bits per heavy atom. The van der Waals surface area contributed by atoms with E-state index >= 15 is 0 Å². The number of carbonyl (C=O) groups is 1. The van der Waals surface area contributed by atoms with E-state index in [1.165, 1.54) is 18.2 Å². The van der Waals surface area contributed by atoms with Gasteiger partial charge in [-0.1, -0.05) is 12.1 Å². The highest BCUT2D eigenvalue weighted by molar-refractivity contribution is 7.93. The van der Waals surface area contributed by atoms with Crippen LogP contribution in [0.15, 0.2) is 24.3 Å². The molecule has 1 aromatic rings. The number of para-hydroxylation sites is 2. The van der Waals surface area contributed by atoms with Crippen LogP contribution in [-0.4, -0.2) is 37.2 Å². The molecule has 1 N–H and O–H groups in total. The molecule has 0 heterocycles. The van der Waals surface area contributed by atoms with E-state index in [1.54, 1.807) is 0 Å². The lowest BCUT2D eigenvalue weighted by Gasteiger charge is -2.17. The number of hydrogen-bond acceptors (Lipinski definition) is 5. The third-order valence-corrected chi connectivity index (χ3v) is 3.78. The summed E-state index contributed by atoms with van der Waals surface area (Å²) in [6, 6.07) is 5.19. The van der Waals surface area contributed by atoms with Crippen LogP contribution in [0.1, 0.15) is 0 Å². The van der Waals surface area contributed by atoms with Crippen LogP contribution in [0.5, 0.6) is 0 Å². The molecule has 98 valence electrons. The third kappa shape index (κ3) is 2.94. The van der Waals surface area contributed by atoms with Gasteiger partial charge in [0.05, 0.1) is 4.92 Å². The van der Waals surface area contributed by atoms with E-state index in [-0.39, 0.29) is 5.69 Å². The number of nitro benzene ring substituents is 1. The van der Waals surface area contributed by atoms with Gasteiger partial charge in [0.25, 0.3) is 5.69 Å². The van der Waals surface area contributed by atoms with Crippen molar-refractivity contribution >= 4 is 27.4 Å². The predicted molar refractivity (Wildman–Crippen MR) is 62.9 cm³/mol. The van der Waals surface area contributed by atoms with Gasteiger partial charge in [0, 0.05) is 13.1 Å². The van der Waals surface area contributed by atoms with Gasteiger partial charge in [0.15, 0.2) is 5.75 Å². The van der Waals surface area contributed by atoms with Gasteiger partial charge in [-0.2, -0.15) is 0 Å². The second-order valence-corrected chi connectivity index (χ2v) is 5.36. The summed E-state index contributed by atoms with van der Waals surface area (Å²) >= 11 is 0. The fourth-order valence-electron chi connectivity index (χ4n) is 1.29. The van der Waals surface area contributed by atoms with E-state index in [0.29, 0.717) is 4.31 Å². The van der Waals surface area contributed by atoms with Gasteiger partial charge in [-0.15, -0.1) is 0 Å². The van der Waals surface area contributed by atoms with Crippen molar-refractivity contribution in [1.29, 1.82) is 0 Å². The van der Waals surface area contributed by atoms with Gasteiger partial charge in [0.1, 0.15) is 5.69 Å². The molecule has 8 nitrogen and oxygen atoms in total. The first-order chi connectivity index (χ1) is 8.25. The van der Waals surface area contributed by atoms with Crippen molar-refractivity contribution in [2.45, 2.75) is 0 Å². The molecule has 0 aromatic heterocycles. The van der Waals surface area contributed by atoms with Crippen molar-refractivity contribution in [2.75, 3.05) is 17.1 Å². The van der Waals surface area contributed by atoms with E-state index in [2.05, 4.69) is 0 Å². The highest BCUT2D eigenvalue weighted by Crippen LogP contribution is 2.28. The summed E-state index contributed by atoms with van der Waals surface area (Å²) in [5, 5.41) is 19.2. The van der Waals surface area contributed by atoms with Gasteiger partial charge in [-0.3, -0.25) is 19.2 Å². The number of carboxylic acid groups (broad SMARTS) is 1. The number of carboxylic acids is 1. The maximum Gasteiger partial charge on any atom is 0.320 e. The Kier molecular flexibility index (Phi) is 3.86. The summed E-state index contributed by atoms with van der Waals surface area (Å²) < 4.78 is 23.9. The first-order valence-electron chi connectivity index (χ1n) is 4.67. The van der Waals surface area contributed by atoms with E-state index in [0.717, 1.165) is 13.1 Å². The van der Waals surface area contributed by atoms with Crippen molar-refractivity contribution in [3.05, 3.63) is 34.4 Å². The molecule has 9 heteroatoms. The van der Waals surface area contributed by atoms with Crippen LogP contribution in [0, 0.1) is 10.1 Å². The second-order valence-electron chi connectivity index (χ2n) is 3.36. The fraction of sp³-hybridized carbons (Fsp3) is 0.222. The van der Waals surface area contributed by atoms with E-state index in [4.69, 9.17) is 5.11 Å². The third-order valence-electron chi connectivity index (χ3n) is 2.14. The Hall–Kier alpha value is -2.16. The average molecular weight is 274 g/mol. The number of anilines is 1. The normalized spacial score (nSPS) is 10.9. The van der Waals surface area contributed by atoms with Gasteiger partial charge in [0.2, 0.25) is 10.0 Å². The molecule has 0 amide bonds. The molecule has 0 radical (unpaired) electrons. The van der Waals surface area contributed by atoms with E-state index in [9.17, 15) is 23.3 Å². The number of nitrogens with zero attached hydrogens (tertiary/aromatic N) is 2.